The van der Waals surface area contributed by atoms with E-state index in [4.69, 9.17) is 14.2 Å². The van der Waals surface area contributed by atoms with Gasteiger partial charge in [-0.15, -0.1) is 0 Å². The summed E-state index contributed by atoms with van der Waals surface area (Å²) >= 11 is 0. The molecule has 2 fully saturated rings. The summed E-state index contributed by atoms with van der Waals surface area (Å²) in [5.74, 6) is 0.697. The largest absolute Gasteiger partial charge is 0.491 e. The molecule has 126 valence electrons. The normalized spacial score (nSPS) is 25.3. The summed E-state index contributed by atoms with van der Waals surface area (Å²) in [6.07, 6.45) is 4.58. The molecule has 1 amide bonds. The third-order valence-electron chi connectivity index (χ3n) is 4.46. The number of rotatable bonds is 6. The Bertz CT molecular complexity index is 504. The third kappa shape index (κ3) is 4.45. The molecule has 2 saturated heterocycles. The van der Waals surface area contributed by atoms with Gasteiger partial charge in [-0.25, -0.2) is 0 Å². The van der Waals surface area contributed by atoms with E-state index in [2.05, 4.69) is 5.32 Å². The molecule has 0 spiro atoms. The monoisotopic (exact) mass is 319 g/mol. The average molecular weight is 319 g/mol. The molecule has 3 unspecified atom stereocenters. The minimum atomic E-state index is -0.0707. The molecule has 23 heavy (non-hydrogen) atoms. The fourth-order valence-corrected chi connectivity index (χ4v) is 3.05. The smallest absolute Gasteiger partial charge is 0.251 e. The van der Waals surface area contributed by atoms with E-state index in [1.807, 2.05) is 19.1 Å². The lowest BCUT2D eigenvalue weighted by molar-refractivity contribution is 0.0678. The topological polar surface area (TPSA) is 56.8 Å². The van der Waals surface area contributed by atoms with Crippen molar-refractivity contribution in [3.05, 3.63) is 29.8 Å². The number of ether oxygens (including phenoxy) is 3. The number of nitrogens with one attached hydrogen (secondary N) is 1. The Hall–Kier alpha value is -1.59. The van der Waals surface area contributed by atoms with E-state index in [9.17, 15) is 4.79 Å². The molecule has 1 aromatic rings. The quantitative estimate of drug-likeness (QED) is 0.875. The van der Waals surface area contributed by atoms with Gasteiger partial charge in [0.2, 0.25) is 0 Å². The Balaban J connectivity index is 1.48. The highest BCUT2D eigenvalue weighted by Gasteiger charge is 2.24. The second-order valence-corrected chi connectivity index (χ2v) is 6.28. The number of hydrogen-bond donors (Lipinski definition) is 1. The zero-order chi connectivity index (χ0) is 16.1. The van der Waals surface area contributed by atoms with Crippen molar-refractivity contribution in [3.63, 3.8) is 0 Å². The van der Waals surface area contributed by atoms with Gasteiger partial charge in [-0.3, -0.25) is 4.79 Å². The Morgan fingerprint density at radius 3 is 2.61 bits per heavy atom. The molecular weight excluding hydrogens is 294 g/mol. The van der Waals surface area contributed by atoms with E-state index < -0.39 is 0 Å². The molecule has 5 nitrogen and oxygen atoms in total. The van der Waals surface area contributed by atoms with Crippen LogP contribution in [0.4, 0.5) is 0 Å². The molecule has 0 bridgehead atoms. The lowest BCUT2D eigenvalue weighted by atomic mass is 10.1. The first-order valence-corrected chi connectivity index (χ1v) is 8.49. The summed E-state index contributed by atoms with van der Waals surface area (Å²) < 4.78 is 16.8. The second kappa shape index (κ2) is 7.79. The van der Waals surface area contributed by atoms with Crippen LogP contribution in [0, 0.1) is 0 Å². The average Bonchev–Trinajstić information content (AvgIpc) is 3.26. The fraction of sp³-hybridized carbons (Fsp3) is 0.611. The molecule has 2 aliphatic rings. The van der Waals surface area contributed by atoms with Crippen LogP contribution in [0.3, 0.4) is 0 Å². The zero-order valence-electron chi connectivity index (χ0n) is 13.6. The molecule has 3 atom stereocenters. The minimum Gasteiger partial charge on any atom is -0.491 e. The van der Waals surface area contributed by atoms with Crippen molar-refractivity contribution in [1.82, 2.24) is 5.32 Å². The van der Waals surface area contributed by atoms with E-state index in [0.717, 1.165) is 44.6 Å². The first kappa shape index (κ1) is 16.3. The summed E-state index contributed by atoms with van der Waals surface area (Å²) in [7, 11) is 0. The fourth-order valence-electron chi connectivity index (χ4n) is 3.05. The molecule has 5 heteroatoms. The van der Waals surface area contributed by atoms with Gasteiger partial charge in [0.05, 0.1) is 18.2 Å². The zero-order valence-corrected chi connectivity index (χ0v) is 13.6. The predicted molar refractivity (Wildman–Crippen MR) is 86.8 cm³/mol. The molecule has 3 rings (SSSR count). The van der Waals surface area contributed by atoms with Crippen molar-refractivity contribution in [2.75, 3.05) is 19.8 Å². The maximum atomic E-state index is 12.3. The number of amides is 1. The van der Waals surface area contributed by atoms with E-state index in [-0.39, 0.29) is 24.2 Å². The van der Waals surface area contributed by atoms with Gasteiger partial charge in [-0.2, -0.15) is 0 Å². The summed E-state index contributed by atoms with van der Waals surface area (Å²) in [6.45, 7) is 4.19. The van der Waals surface area contributed by atoms with Crippen molar-refractivity contribution >= 4 is 5.91 Å². The first-order chi connectivity index (χ1) is 11.2. The van der Waals surface area contributed by atoms with Crippen LogP contribution in [0.15, 0.2) is 24.3 Å². The van der Waals surface area contributed by atoms with E-state index in [1.54, 1.807) is 12.1 Å². The lowest BCUT2D eigenvalue weighted by Gasteiger charge is -2.20. The summed E-state index contributed by atoms with van der Waals surface area (Å²) in [5.41, 5.74) is 0.638. The standard InChI is InChI=1S/C18H25NO4/c1-13(17-5-3-11-22-17)19-18(20)14-6-8-15(9-7-14)23-12-16-4-2-10-21-16/h6-9,13,16-17H,2-5,10-12H2,1H3,(H,19,20). The molecule has 1 N–H and O–H groups in total. The molecule has 0 saturated carbocycles. The van der Waals surface area contributed by atoms with Gasteiger partial charge in [-0.1, -0.05) is 0 Å². The van der Waals surface area contributed by atoms with Crippen LogP contribution in [0.25, 0.3) is 0 Å². The van der Waals surface area contributed by atoms with Crippen LogP contribution < -0.4 is 10.1 Å². The van der Waals surface area contributed by atoms with Gasteiger partial charge >= 0.3 is 0 Å². The molecule has 1 aromatic carbocycles. The van der Waals surface area contributed by atoms with Gasteiger partial charge in [0.15, 0.2) is 0 Å². The van der Waals surface area contributed by atoms with Crippen molar-refractivity contribution in [3.8, 4) is 5.75 Å². The highest BCUT2D eigenvalue weighted by Crippen LogP contribution is 2.18. The minimum absolute atomic E-state index is 0.0282. The van der Waals surface area contributed by atoms with Crippen LogP contribution in [0.5, 0.6) is 5.75 Å². The van der Waals surface area contributed by atoms with Crippen LogP contribution in [-0.4, -0.2) is 44.0 Å². The second-order valence-electron chi connectivity index (χ2n) is 6.28. The third-order valence-corrected chi connectivity index (χ3v) is 4.46. The van der Waals surface area contributed by atoms with Crippen molar-refractivity contribution in [2.24, 2.45) is 0 Å². The number of carbonyl (C=O) groups is 1. The van der Waals surface area contributed by atoms with Gasteiger partial charge in [0.25, 0.3) is 5.91 Å². The van der Waals surface area contributed by atoms with Gasteiger partial charge < -0.3 is 19.5 Å². The maximum Gasteiger partial charge on any atom is 0.251 e. The molecule has 2 aliphatic heterocycles. The molecule has 0 radical (unpaired) electrons. The van der Waals surface area contributed by atoms with Gasteiger partial charge in [0, 0.05) is 18.8 Å². The van der Waals surface area contributed by atoms with Gasteiger partial charge in [0.1, 0.15) is 12.4 Å². The Kier molecular flexibility index (Phi) is 5.51. The van der Waals surface area contributed by atoms with E-state index in [0.29, 0.717) is 12.2 Å². The number of carbonyl (C=O) groups excluding carboxylic acids is 1. The van der Waals surface area contributed by atoms with Gasteiger partial charge in [-0.05, 0) is 56.9 Å². The molecule has 0 aliphatic carbocycles. The molecule has 0 aromatic heterocycles. The van der Waals surface area contributed by atoms with Crippen LogP contribution in [0.1, 0.15) is 43.0 Å². The maximum absolute atomic E-state index is 12.3. The Morgan fingerprint density at radius 2 is 1.96 bits per heavy atom. The number of hydrogen-bond acceptors (Lipinski definition) is 4. The van der Waals surface area contributed by atoms with Crippen molar-refractivity contribution in [2.45, 2.75) is 50.9 Å². The van der Waals surface area contributed by atoms with Crippen molar-refractivity contribution < 1.29 is 19.0 Å². The van der Waals surface area contributed by atoms with E-state index >= 15 is 0 Å². The summed E-state index contributed by atoms with van der Waals surface area (Å²) in [5, 5.41) is 3.01. The lowest BCUT2D eigenvalue weighted by Crippen LogP contribution is -2.40. The molecule has 2 heterocycles. The summed E-state index contributed by atoms with van der Waals surface area (Å²) in [6, 6.07) is 7.28. The van der Waals surface area contributed by atoms with Crippen molar-refractivity contribution in [1.29, 1.82) is 0 Å². The molecular formula is C18H25NO4. The highest BCUT2D eigenvalue weighted by molar-refractivity contribution is 5.94. The van der Waals surface area contributed by atoms with Crippen LogP contribution in [0.2, 0.25) is 0 Å². The first-order valence-electron chi connectivity index (χ1n) is 8.49. The van der Waals surface area contributed by atoms with Crippen LogP contribution in [-0.2, 0) is 9.47 Å². The van der Waals surface area contributed by atoms with E-state index in [1.165, 1.54) is 0 Å². The Labute approximate surface area is 137 Å². The highest BCUT2D eigenvalue weighted by atomic mass is 16.5. The number of benzene rings is 1. The Morgan fingerprint density at radius 1 is 1.22 bits per heavy atom. The predicted octanol–water partition coefficient (Wildman–Crippen LogP) is 2.54. The SMILES string of the molecule is CC(NC(=O)c1ccc(OCC2CCCO2)cc1)C1CCCO1. The summed E-state index contributed by atoms with van der Waals surface area (Å²) in [4.78, 5) is 12.3. The van der Waals surface area contributed by atoms with Crippen LogP contribution >= 0.6 is 0 Å².